The number of anilines is 2. The molecule has 1 saturated carbocycles. The molecule has 11 nitrogen and oxygen atoms in total. The largest absolute Gasteiger partial charge is 0.477 e. The fourth-order valence-electron chi connectivity index (χ4n) is 5.34. The smallest absolute Gasteiger partial charge is 0.281 e. The van der Waals surface area contributed by atoms with Gasteiger partial charge in [-0.25, -0.2) is 19.4 Å². The molecule has 0 spiro atoms. The van der Waals surface area contributed by atoms with Crippen molar-refractivity contribution in [3.63, 3.8) is 0 Å². The SMILES string of the molecule is CC1(CCOc2ccn(-c3ccc4c(n3)N3C(CCC3(C)C)CNc3cccc(n3)S(=O)(=O)NC4=O)n2)CC1. The van der Waals surface area contributed by atoms with Crippen LogP contribution in [0.25, 0.3) is 5.82 Å². The molecule has 1 saturated heterocycles. The molecule has 2 aliphatic heterocycles. The molecule has 6 rings (SSSR count). The van der Waals surface area contributed by atoms with E-state index in [1.165, 1.54) is 18.9 Å². The minimum atomic E-state index is -4.20. The first-order chi connectivity index (χ1) is 18.5. The molecule has 0 aromatic carbocycles. The minimum Gasteiger partial charge on any atom is -0.477 e. The zero-order valence-corrected chi connectivity index (χ0v) is 23.2. The van der Waals surface area contributed by atoms with E-state index in [4.69, 9.17) is 9.72 Å². The molecule has 12 heteroatoms. The monoisotopic (exact) mass is 551 g/mol. The van der Waals surface area contributed by atoms with E-state index >= 15 is 0 Å². The van der Waals surface area contributed by atoms with E-state index in [2.05, 4.69) is 45.8 Å². The predicted molar refractivity (Wildman–Crippen MR) is 146 cm³/mol. The third kappa shape index (κ3) is 5.05. The average Bonchev–Trinajstić information content (AvgIpc) is 3.30. The highest BCUT2D eigenvalue weighted by Crippen LogP contribution is 2.48. The summed E-state index contributed by atoms with van der Waals surface area (Å²) in [7, 11) is -4.20. The summed E-state index contributed by atoms with van der Waals surface area (Å²) in [5, 5.41) is 7.61. The first kappa shape index (κ1) is 25.6. The lowest BCUT2D eigenvalue weighted by Crippen LogP contribution is -2.47. The van der Waals surface area contributed by atoms with Gasteiger partial charge in [0.2, 0.25) is 5.88 Å². The maximum absolute atomic E-state index is 13.4. The van der Waals surface area contributed by atoms with Crippen LogP contribution < -0.4 is 19.7 Å². The van der Waals surface area contributed by atoms with E-state index < -0.39 is 15.9 Å². The van der Waals surface area contributed by atoms with Crippen molar-refractivity contribution in [1.29, 1.82) is 0 Å². The van der Waals surface area contributed by atoms with Crippen LogP contribution in [0.1, 0.15) is 63.2 Å². The van der Waals surface area contributed by atoms with Gasteiger partial charge in [-0.05, 0) is 75.6 Å². The number of amides is 1. The number of pyridine rings is 2. The number of carbonyl (C=O) groups excluding carboxylic acids is 1. The summed E-state index contributed by atoms with van der Waals surface area (Å²) in [5.41, 5.74) is 0.234. The number of rotatable bonds is 5. The highest BCUT2D eigenvalue weighted by molar-refractivity contribution is 7.90. The Morgan fingerprint density at radius 2 is 1.90 bits per heavy atom. The summed E-state index contributed by atoms with van der Waals surface area (Å²) in [5.74, 6) is 1.09. The third-order valence-electron chi connectivity index (χ3n) is 8.04. The van der Waals surface area contributed by atoms with Crippen molar-refractivity contribution < 1.29 is 17.9 Å². The molecule has 206 valence electrons. The van der Waals surface area contributed by atoms with E-state index in [1.807, 2.05) is 0 Å². The van der Waals surface area contributed by atoms with Gasteiger partial charge < -0.3 is 15.0 Å². The van der Waals surface area contributed by atoms with Crippen molar-refractivity contribution >= 4 is 27.6 Å². The van der Waals surface area contributed by atoms with Crippen LogP contribution in [0.5, 0.6) is 5.88 Å². The zero-order chi connectivity index (χ0) is 27.4. The lowest BCUT2D eigenvalue weighted by molar-refractivity contribution is 0.0981. The van der Waals surface area contributed by atoms with Gasteiger partial charge in [0.05, 0.1) is 12.2 Å². The number of nitrogens with zero attached hydrogens (tertiary/aromatic N) is 5. The quantitative estimate of drug-likeness (QED) is 0.489. The Morgan fingerprint density at radius 3 is 2.69 bits per heavy atom. The van der Waals surface area contributed by atoms with Crippen LogP contribution >= 0.6 is 0 Å². The topological polar surface area (TPSA) is 131 Å². The van der Waals surface area contributed by atoms with E-state index in [1.54, 1.807) is 41.2 Å². The Balaban J connectivity index is 1.37. The van der Waals surface area contributed by atoms with E-state index in [0.29, 0.717) is 41.9 Å². The second kappa shape index (κ2) is 9.22. The summed E-state index contributed by atoms with van der Waals surface area (Å²) in [6, 6.07) is 9.74. The maximum Gasteiger partial charge on any atom is 0.281 e. The summed E-state index contributed by atoms with van der Waals surface area (Å²) in [4.78, 5) is 24.7. The molecule has 1 atom stereocenters. The van der Waals surface area contributed by atoms with Crippen molar-refractivity contribution in [3.05, 3.63) is 48.2 Å². The molecule has 0 radical (unpaired) electrons. The van der Waals surface area contributed by atoms with Crippen LogP contribution in [0.2, 0.25) is 0 Å². The van der Waals surface area contributed by atoms with Gasteiger partial charge in [0.25, 0.3) is 15.9 Å². The van der Waals surface area contributed by atoms with Gasteiger partial charge in [-0.15, -0.1) is 5.10 Å². The number of aromatic nitrogens is 4. The van der Waals surface area contributed by atoms with E-state index in [-0.39, 0.29) is 22.2 Å². The van der Waals surface area contributed by atoms with Crippen molar-refractivity contribution in [2.75, 3.05) is 23.4 Å². The number of hydrogen-bond acceptors (Lipinski definition) is 9. The molecule has 1 unspecified atom stereocenters. The number of nitrogens with one attached hydrogen (secondary N) is 2. The van der Waals surface area contributed by atoms with Crippen molar-refractivity contribution in [1.82, 2.24) is 24.5 Å². The van der Waals surface area contributed by atoms with Crippen LogP contribution in [0, 0.1) is 5.41 Å². The Kier molecular flexibility index (Phi) is 6.05. The number of hydrogen-bond donors (Lipinski definition) is 2. The fraction of sp³-hybridized carbons (Fsp3) is 0.481. The van der Waals surface area contributed by atoms with Crippen LogP contribution in [-0.2, 0) is 10.0 Å². The van der Waals surface area contributed by atoms with Crippen LogP contribution in [0.15, 0.2) is 47.6 Å². The predicted octanol–water partition coefficient (Wildman–Crippen LogP) is 3.52. The Morgan fingerprint density at radius 1 is 1.08 bits per heavy atom. The number of sulfonamides is 1. The van der Waals surface area contributed by atoms with Crippen molar-refractivity contribution in [2.45, 2.75) is 69.5 Å². The van der Waals surface area contributed by atoms with E-state index in [0.717, 1.165) is 19.3 Å². The fourth-order valence-corrected chi connectivity index (χ4v) is 6.27. The molecule has 2 fully saturated rings. The van der Waals surface area contributed by atoms with Gasteiger partial charge in [-0.2, -0.15) is 8.42 Å². The number of fused-ring (bicyclic) bond motifs is 5. The van der Waals surface area contributed by atoms with Gasteiger partial charge >= 0.3 is 0 Å². The van der Waals surface area contributed by atoms with Gasteiger partial charge in [0.15, 0.2) is 10.8 Å². The third-order valence-corrected chi connectivity index (χ3v) is 9.28. The lowest BCUT2D eigenvalue weighted by Gasteiger charge is -2.38. The minimum absolute atomic E-state index is 0.00362. The molecule has 3 aromatic heterocycles. The van der Waals surface area contributed by atoms with Crippen LogP contribution in [0.3, 0.4) is 0 Å². The Bertz CT molecular complexity index is 1530. The van der Waals surface area contributed by atoms with Crippen molar-refractivity contribution in [3.8, 4) is 11.7 Å². The normalized spacial score (nSPS) is 22.4. The maximum atomic E-state index is 13.4. The van der Waals surface area contributed by atoms with Gasteiger partial charge in [-0.1, -0.05) is 13.0 Å². The first-order valence-electron chi connectivity index (χ1n) is 13.3. The average molecular weight is 552 g/mol. The summed E-state index contributed by atoms with van der Waals surface area (Å²) < 4.78 is 35.7. The molecule has 39 heavy (non-hydrogen) atoms. The number of ether oxygens (including phenoxy) is 1. The van der Waals surface area contributed by atoms with E-state index in [9.17, 15) is 13.2 Å². The molecule has 2 N–H and O–H groups in total. The standard InChI is InChI=1S/C27H33N7O4S/c1-26(2)11-9-18-17-28-20-5-4-6-23(29-20)39(36,37)32-25(35)19-7-8-21(30-24(19)34(18)26)33-15-10-22(31-33)38-16-14-27(3)12-13-27/h4-8,10,15,18H,9,11-14,16-17H2,1-3H3,(H,28,29)(H,32,35). The molecule has 3 aliphatic rings. The number of carbonyl (C=O) groups is 1. The summed E-state index contributed by atoms with van der Waals surface area (Å²) in [6.07, 6.45) is 6.98. The molecule has 2 bridgehead atoms. The Labute approximate surface area is 228 Å². The van der Waals surface area contributed by atoms with Crippen LogP contribution in [0.4, 0.5) is 11.6 Å². The molecular weight excluding hydrogens is 518 g/mol. The summed E-state index contributed by atoms with van der Waals surface area (Å²) in [6.45, 7) is 7.58. The lowest BCUT2D eigenvalue weighted by atomic mass is 10.0. The van der Waals surface area contributed by atoms with Crippen LogP contribution in [-0.4, -0.2) is 58.8 Å². The van der Waals surface area contributed by atoms with Gasteiger partial charge in [-0.3, -0.25) is 4.79 Å². The van der Waals surface area contributed by atoms with Gasteiger partial charge in [0, 0.05) is 30.4 Å². The highest BCUT2D eigenvalue weighted by Gasteiger charge is 2.42. The molecule has 3 aromatic rings. The zero-order valence-electron chi connectivity index (χ0n) is 22.3. The molecule has 1 amide bonds. The Hall–Kier alpha value is -3.67. The molecule has 1 aliphatic carbocycles. The second-order valence-corrected chi connectivity index (χ2v) is 13.2. The molecule has 5 heterocycles. The molecular formula is C27H33N7O4S. The first-order valence-corrected chi connectivity index (χ1v) is 14.8. The van der Waals surface area contributed by atoms with Crippen molar-refractivity contribution in [2.24, 2.45) is 5.41 Å². The summed E-state index contributed by atoms with van der Waals surface area (Å²) >= 11 is 0. The highest BCUT2D eigenvalue weighted by atomic mass is 32.2. The second-order valence-electron chi connectivity index (χ2n) is 11.6. The van der Waals surface area contributed by atoms with Gasteiger partial charge in [0.1, 0.15) is 11.6 Å².